The van der Waals surface area contributed by atoms with Crippen molar-refractivity contribution in [2.75, 3.05) is 7.05 Å². The Balaban J connectivity index is 2.22. The Kier molecular flexibility index (Phi) is 3.05. The van der Waals surface area contributed by atoms with E-state index in [9.17, 15) is 4.79 Å². The SMILES string of the molecule is CNC(=O)c1noc(Cc2noc(C)c2C#N)n1. The van der Waals surface area contributed by atoms with Crippen molar-refractivity contribution in [3.8, 4) is 6.07 Å². The molecule has 8 nitrogen and oxygen atoms in total. The number of rotatable bonds is 3. The minimum absolute atomic E-state index is 0.0637. The van der Waals surface area contributed by atoms with E-state index in [0.717, 1.165) is 0 Å². The topological polar surface area (TPSA) is 118 Å². The van der Waals surface area contributed by atoms with Crippen LogP contribution in [0.4, 0.5) is 0 Å². The normalized spacial score (nSPS) is 10.1. The van der Waals surface area contributed by atoms with Gasteiger partial charge in [-0.05, 0) is 6.92 Å². The van der Waals surface area contributed by atoms with Gasteiger partial charge in [0.1, 0.15) is 17.3 Å². The Morgan fingerprint density at radius 2 is 2.22 bits per heavy atom. The quantitative estimate of drug-likeness (QED) is 0.822. The summed E-state index contributed by atoms with van der Waals surface area (Å²) in [5, 5.41) is 18.5. The van der Waals surface area contributed by atoms with Crippen molar-refractivity contribution in [3.63, 3.8) is 0 Å². The first-order chi connectivity index (χ1) is 8.65. The molecule has 0 unspecified atom stereocenters. The highest BCUT2D eigenvalue weighted by Gasteiger charge is 2.18. The van der Waals surface area contributed by atoms with Crippen molar-refractivity contribution in [2.24, 2.45) is 0 Å². The van der Waals surface area contributed by atoms with Crippen LogP contribution in [0.5, 0.6) is 0 Å². The van der Waals surface area contributed by atoms with Gasteiger partial charge in [-0.2, -0.15) is 10.2 Å². The number of nitriles is 1. The third-order valence-corrected chi connectivity index (χ3v) is 2.26. The molecule has 2 aromatic rings. The highest BCUT2D eigenvalue weighted by atomic mass is 16.5. The van der Waals surface area contributed by atoms with Crippen molar-refractivity contribution in [2.45, 2.75) is 13.3 Å². The molecule has 0 fully saturated rings. The number of aryl methyl sites for hydroxylation is 1. The first-order valence-electron chi connectivity index (χ1n) is 5.05. The number of carbonyl (C=O) groups excluding carboxylic acids is 1. The molecule has 0 aliphatic carbocycles. The van der Waals surface area contributed by atoms with Crippen LogP contribution in [-0.2, 0) is 6.42 Å². The van der Waals surface area contributed by atoms with Crippen LogP contribution in [0.3, 0.4) is 0 Å². The second-order valence-electron chi connectivity index (χ2n) is 3.44. The zero-order valence-corrected chi connectivity index (χ0v) is 9.72. The summed E-state index contributed by atoms with van der Waals surface area (Å²) in [5.74, 6) is 0.116. The van der Waals surface area contributed by atoms with E-state index in [-0.39, 0.29) is 18.1 Å². The Bertz CT molecular complexity index is 622. The molecule has 18 heavy (non-hydrogen) atoms. The molecule has 0 atom stereocenters. The molecule has 0 spiro atoms. The largest absolute Gasteiger partial charge is 0.360 e. The lowest BCUT2D eigenvalue weighted by atomic mass is 10.2. The van der Waals surface area contributed by atoms with Crippen LogP contribution in [-0.4, -0.2) is 28.3 Å². The van der Waals surface area contributed by atoms with E-state index in [1.165, 1.54) is 7.05 Å². The van der Waals surface area contributed by atoms with Gasteiger partial charge in [0, 0.05) is 7.05 Å². The maximum atomic E-state index is 11.2. The van der Waals surface area contributed by atoms with E-state index in [2.05, 4.69) is 20.6 Å². The fourth-order valence-corrected chi connectivity index (χ4v) is 1.36. The molecule has 0 aromatic carbocycles. The van der Waals surface area contributed by atoms with Gasteiger partial charge in [0.05, 0.1) is 6.42 Å². The number of nitrogens with zero attached hydrogens (tertiary/aromatic N) is 4. The molecule has 1 amide bonds. The fraction of sp³-hybridized carbons (Fsp3) is 0.300. The number of carbonyl (C=O) groups is 1. The third kappa shape index (κ3) is 2.06. The second-order valence-corrected chi connectivity index (χ2v) is 3.44. The minimum Gasteiger partial charge on any atom is -0.360 e. The van der Waals surface area contributed by atoms with Crippen LogP contribution in [0.2, 0.25) is 0 Å². The van der Waals surface area contributed by atoms with Gasteiger partial charge in [-0.3, -0.25) is 4.79 Å². The molecular formula is C10H9N5O3. The van der Waals surface area contributed by atoms with E-state index < -0.39 is 5.91 Å². The molecule has 0 radical (unpaired) electrons. The van der Waals surface area contributed by atoms with Gasteiger partial charge in [-0.1, -0.05) is 10.3 Å². The first kappa shape index (κ1) is 11.8. The summed E-state index contributed by atoms with van der Waals surface area (Å²) in [6, 6.07) is 1.98. The Hall–Kier alpha value is -2.69. The fourth-order valence-electron chi connectivity index (χ4n) is 1.36. The minimum atomic E-state index is -0.443. The van der Waals surface area contributed by atoms with Crippen molar-refractivity contribution in [1.29, 1.82) is 5.26 Å². The van der Waals surface area contributed by atoms with Gasteiger partial charge in [0.2, 0.25) is 5.89 Å². The summed E-state index contributed by atoms with van der Waals surface area (Å²) in [7, 11) is 1.47. The van der Waals surface area contributed by atoms with Crippen molar-refractivity contribution >= 4 is 5.91 Å². The molecule has 0 bridgehead atoms. The molecule has 0 saturated heterocycles. The number of aromatic nitrogens is 3. The summed E-state index contributed by atoms with van der Waals surface area (Å²) < 4.78 is 9.78. The van der Waals surface area contributed by atoms with Gasteiger partial charge >= 0.3 is 0 Å². The standard InChI is InChI=1S/C10H9N5O3/c1-5-6(4-11)7(14-17-5)3-8-13-9(15-18-8)10(16)12-2/h3H2,1-2H3,(H,12,16). The maximum Gasteiger partial charge on any atom is 0.292 e. The van der Waals surface area contributed by atoms with Gasteiger partial charge in [-0.25, -0.2) is 0 Å². The van der Waals surface area contributed by atoms with Gasteiger partial charge < -0.3 is 14.4 Å². The lowest BCUT2D eigenvalue weighted by Gasteiger charge is -1.89. The summed E-state index contributed by atoms with van der Waals surface area (Å²) >= 11 is 0. The van der Waals surface area contributed by atoms with Crippen molar-refractivity contribution in [1.82, 2.24) is 20.6 Å². The molecule has 2 aromatic heterocycles. The summed E-state index contributed by atoms with van der Waals surface area (Å²) in [6.07, 6.45) is 0.143. The first-order valence-corrected chi connectivity index (χ1v) is 5.05. The van der Waals surface area contributed by atoms with Crippen LogP contribution >= 0.6 is 0 Å². The Morgan fingerprint density at radius 3 is 2.89 bits per heavy atom. The molecule has 1 N–H and O–H groups in total. The van der Waals surface area contributed by atoms with Gasteiger partial charge in [0.25, 0.3) is 11.7 Å². The van der Waals surface area contributed by atoms with E-state index in [1.807, 2.05) is 6.07 Å². The number of hydrogen-bond donors (Lipinski definition) is 1. The molecular weight excluding hydrogens is 238 g/mol. The average Bonchev–Trinajstić information content (AvgIpc) is 2.96. The maximum absolute atomic E-state index is 11.2. The molecule has 0 saturated carbocycles. The van der Waals surface area contributed by atoms with Crippen molar-refractivity contribution in [3.05, 3.63) is 28.7 Å². The molecule has 2 rings (SSSR count). The van der Waals surface area contributed by atoms with Gasteiger partial charge in [0.15, 0.2) is 5.76 Å². The number of nitrogens with one attached hydrogen (secondary N) is 1. The summed E-state index contributed by atoms with van der Waals surface area (Å²) in [6.45, 7) is 1.64. The highest BCUT2D eigenvalue weighted by Crippen LogP contribution is 2.15. The van der Waals surface area contributed by atoms with E-state index in [1.54, 1.807) is 6.92 Å². The average molecular weight is 247 g/mol. The zero-order valence-electron chi connectivity index (χ0n) is 9.72. The monoisotopic (exact) mass is 247 g/mol. The lowest BCUT2D eigenvalue weighted by Crippen LogP contribution is -2.19. The zero-order chi connectivity index (χ0) is 13.1. The predicted molar refractivity (Wildman–Crippen MR) is 56.4 cm³/mol. The molecule has 0 aliphatic heterocycles. The predicted octanol–water partition coefficient (Wildman–Crippen LogP) is 0.188. The Morgan fingerprint density at radius 1 is 1.44 bits per heavy atom. The van der Waals surface area contributed by atoms with E-state index >= 15 is 0 Å². The molecule has 2 heterocycles. The van der Waals surface area contributed by atoms with Crippen LogP contribution in [0.25, 0.3) is 0 Å². The summed E-state index contributed by atoms with van der Waals surface area (Å²) in [4.78, 5) is 15.1. The third-order valence-electron chi connectivity index (χ3n) is 2.26. The van der Waals surface area contributed by atoms with Gasteiger partial charge in [-0.15, -0.1) is 0 Å². The van der Waals surface area contributed by atoms with Crippen LogP contribution < -0.4 is 5.32 Å². The van der Waals surface area contributed by atoms with E-state index in [4.69, 9.17) is 14.3 Å². The number of hydrogen-bond acceptors (Lipinski definition) is 7. The lowest BCUT2D eigenvalue weighted by molar-refractivity contribution is 0.0950. The van der Waals surface area contributed by atoms with Crippen LogP contribution in [0, 0.1) is 18.3 Å². The number of amides is 1. The molecule has 8 heteroatoms. The highest BCUT2D eigenvalue weighted by molar-refractivity contribution is 5.89. The molecule has 92 valence electrons. The molecule has 0 aliphatic rings. The van der Waals surface area contributed by atoms with Crippen LogP contribution in [0.1, 0.15) is 33.5 Å². The smallest absolute Gasteiger partial charge is 0.292 e. The summed E-state index contributed by atoms with van der Waals surface area (Å²) in [5.41, 5.74) is 0.747. The second kappa shape index (κ2) is 4.67. The van der Waals surface area contributed by atoms with E-state index in [0.29, 0.717) is 17.0 Å². The van der Waals surface area contributed by atoms with Crippen LogP contribution in [0.15, 0.2) is 9.05 Å². The van der Waals surface area contributed by atoms with Crippen molar-refractivity contribution < 1.29 is 13.8 Å². The Labute approximate surface area is 102 Å².